The molecule has 0 saturated carbocycles. The average Bonchev–Trinajstić information content (AvgIpc) is 4.25. The Balaban J connectivity index is 0.898. The Kier molecular flexibility index (Phi) is 8.01. The molecule has 0 bridgehead atoms. The van der Waals surface area contributed by atoms with Crippen LogP contribution in [-0.2, 0) is 16.2 Å². The number of benzene rings is 10. The van der Waals surface area contributed by atoms with Crippen LogP contribution in [0.25, 0.3) is 110 Å². The third kappa shape index (κ3) is 5.32. The molecule has 13 aromatic rings. The van der Waals surface area contributed by atoms with E-state index in [2.05, 4.69) is 235 Å². The quantitative estimate of drug-likeness (QED) is 0.176. The van der Waals surface area contributed by atoms with Gasteiger partial charge in [0.25, 0.3) is 0 Å². The third-order valence-electron chi connectivity index (χ3n) is 17.7. The Morgan fingerprint density at radius 3 is 1.61 bits per heavy atom. The van der Waals surface area contributed by atoms with Crippen LogP contribution in [0.4, 0.5) is 17.1 Å². The summed E-state index contributed by atoms with van der Waals surface area (Å²) in [6, 6.07) is 67.1. The van der Waals surface area contributed by atoms with Gasteiger partial charge in [0.05, 0.1) is 5.69 Å². The van der Waals surface area contributed by atoms with Crippen LogP contribution in [0.3, 0.4) is 0 Å². The number of aryl methyl sites for hydroxylation is 1. The lowest BCUT2D eigenvalue weighted by molar-refractivity contribution is 0.650. The normalized spacial score (nSPS) is 15.3. The van der Waals surface area contributed by atoms with E-state index < -0.39 is 0 Å². The van der Waals surface area contributed by atoms with Gasteiger partial charge < -0.3 is 18.2 Å². The molecule has 0 fully saturated rings. The Morgan fingerprint density at radius 2 is 0.865 bits per heavy atom. The van der Waals surface area contributed by atoms with E-state index in [0.29, 0.717) is 0 Å². The fraction of sp³-hybridized carbons (Fsp3) is 0.143. The summed E-state index contributed by atoms with van der Waals surface area (Å²) in [5.41, 5.74) is 27.0. The van der Waals surface area contributed by atoms with Crippen LogP contribution in [0.1, 0.15) is 80.5 Å². The molecule has 0 spiro atoms. The first-order valence-corrected chi connectivity index (χ1v) is 26.1. The van der Waals surface area contributed by atoms with E-state index in [9.17, 15) is 0 Å². The minimum absolute atomic E-state index is 0.194. The van der Waals surface area contributed by atoms with Crippen LogP contribution in [-0.4, -0.2) is 0 Å². The number of para-hydroxylation sites is 4. The fourth-order valence-electron chi connectivity index (χ4n) is 13.9. The SMILES string of the molecule is Cc1ccc(-c2cc3c(c4c2oc2ccccc24)-c2ccc(N(c4ccc5c(c4)C(C)(C)c4cc6c(cc4-5)C(C)(C)c4ccc5oc7ccccc7c5c4-6)c4cccc5c4oc4ccccc45)cc2C3(C)C)cc1. The van der Waals surface area contributed by atoms with E-state index in [1.807, 2.05) is 0 Å². The van der Waals surface area contributed by atoms with Crippen molar-refractivity contribution in [3.63, 3.8) is 0 Å². The summed E-state index contributed by atoms with van der Waals surface area (Å²) in [4.78, 5) is 2.45. The van der Waals surface area contributed by atoms with Gasteiger partial charge in [-0.15, -0.1) is 0 Å². The van der Waals surface area contributed by atoms with Crippen molar-refractivity contribution < 1.29 is 13.3 Å². The molecular weight excluding hydrogens is 903 g/mol. The number of fused-ring (bicyclic) bond motifs is 20. The van der Waals surface area contributed by atoms with Crippen molar-refractivity contribution in [2.45, 2.75) is 64.7 Å². The van der Waals surface area contributed by atoms with Crippen molar-refractivity contribution in [3.8, 4) is 44.5 Å². The Bertz CT molecular complexity index is 4640. The van der Waals surface area contributed by atoms with E-state index in [1.165, 1.54) is 88.5 Å². The highest BCUT2D eigenvalue weighted by Gasteiger charge is 2.44. The highest BCUT2D eigenvalue weighted by molar-refractivity contribution is 6.19. The third-order valence-corrected chi connectivity index (χ3v) is 17.7. The van der Waals surface area contributed by atoms with Crippen molar-refractivity contribution >= 4 is 82.9 Å². The first-order valence-electron chi connectivity index (χ1n) is 26.1. The second-order valence-electron chi connectivity index (χ2n) is 22.8. The van der Waals surface area contributed by atoms with Gasteiger partial charge in [-0.2, -0.15) is 0 Å². The van der Waals surface area contributed by atoms with Crippen molar-refractivity contribution in [2.75, 3.05) is 4.90 Å². The zero-order valence-electron chi connectivity index (χ0n) is 42.5. The van der Waals surface area contributed by atoms with E-state index in [4.69, 9.17) is 13.3 Å². The molecule has 74 heavy (non-hydrogen) atoms. The lowest BCUT2D eigenvalue weighted by Crippen LogP contribution is -2.18. The Labute approximate surface area is 429 Å². The van der Waals surface area contributed by atoms with Gasteiger partial charge in [-0.25, -0.2) is 0 Å². The van der Waals surface area contributed by atoms with E-state index in [0.717, 1.165) is 77.8 Å². The van der Waals surface area contributed by atoms with Crippen LogP contribution in [0.15, 0.2) is 195 Å². The number of hydrogen-bond acceptors (Lipinski definition) is 4. The van der Waals surface area contributed by atoms with E-state index in [-0.39, 0.29) is 16.2 Å². The molecule has 4 heteroatoms. The van der Waals surface area contributed by atoms with Crippen LogP contribution in [0.2, 0.25) is 0 Å². The molecule has 0 amide bonds. The van der Waals surface area contributed by atoms with Crippen LogP contribution >= 0.6 is 0 Å². The molecule has 3 aromatic heterocycles. The number of anilines is 3. The number of rotatable bonds is 4. The van der Waals surface area contributed by atoms with Crippen LogP contribution < -0.4 is 4.90 Å². The Morgan fingerprint density at radius 1 is 0.338 bits per heavy atom. The first-order chi connectivity index (χ1) is 35.9. The van der Waals surface area contributed by atoms with Gasteiger partial charge in [0.15, 0.2) is 5.58 Å². The van der Waals surface area contributed by atoms with E-state index >= 15 is 0 Å². The molecule has 10 aromatic carbocycles. The van der Waals surface area contributed by atoms with Gasteiger partial charge in [-0.1, -0.05) is 156 Å². The van der Waals surface area contributed by atoms with Gasteiger partial charge in [0.1, 0.15) is 27.9 Å². The summed E-state index contributed by atoms with van der Waals surface area (Å²) in [7, 11) is 0. The molecular formula is C70H51NO3. The largest absolute Gasteiger partial charge is 0.456 e. The van der Waals surface area contributed by atoms with Gasteiger partial charge in [0.2, 0.25) is 0 Å². The molecule has 0 atom stereocenters. The van der Waals surface area contributed by atoms with E-state index in [1.54, 1.807) is 0 Å². The summed E-state index contributed by atoms with van der Waals surface area (Å²) >= 11 is 0. The molecule has 354 valence electrons. The lowest BCUT2D eigenvalue weighted by Gasteiger charge is -2.29. The molecule has 0 unspecified atom stereocenters. The number of hydrogen-bond donors (Lipinski definition) is 0. The lowest BCUT2D eigenvalue weighted by atomic mass is 9.79. The Hall–Kier alpha value is -8.60. The highest BCUT2D eigenvalue weighted by atomic mass is 16.3. The summed E-state index contributed by atoms with van der Waals surface area (Å²) in [5, 5.41) is 6.91. The number of furan rings is 3. The second kappa shape index (κ2) is 14.1. The molecule has 3 heterocycles. The molecule has 0 radical (unpaired) electrons. The minimum Gasteiger partial charge on any atom is -0.456 e. The maximum Gasteiger partial charge on any atom is 0.159 e. The molecule has 0 N–H and O–H groups in total. The van der Waals surface area contributed by atoms with Crippen LogP contribution in [0.5, 0.6) is 0 Å². The topological polar surface area (TPSA) is 42.7 Å². The van der Waals surface area contributed by atoms with Crippen molar-refractivity contribution in [3.05, 3.63) is 221 Å². The predicted molar refractivity (Wildman–Crippen MR) is 306 cm³/mol. The summed E-state index contributed by atoms with van der Waals surface area (Å²) in [6.07, 6.45) is 0. The maximum absolute atomic E-state index is 6.90. The standard InChI is InChI=1S/C70H51NO3/c1-38-23-25-39(26-24-38)48-35-56-62(65-47-17-10-13-22-60(47)74-67(48)65)45-30-28-41(34-53(45)70(56,6)7)71(57-19-14-18-44-43-15-8-11-20-58(43)73-66(44)57)40-27-29-42-49-36-55-50(37-54(49)69(4,5)52(42)33-40)63-51(68(55,2)3)31-32-61-64(63)46-16-9-12-21-59(46)72-61/h8-37H,1-7H3. The van der Waals surface area contributed by atoms with Crippen molar-refractivity contribution in [2.24, 2.45) is 0 Å². The van der Waals surface area contributed by atoms with Crippen molar-refractivity contribution in [1.29, 1.82) is 0 Å². The number of nitrogens with zero attached hydrogens (tertiary/aromatic N) is 1. The smallest absolute Gasteiger partial charge is 0.159 e. The molecule has 0 saturated heterocycles. The molecule has 4 nitrogen and oxygen atoms in total. The van der Waals surface area contributed by atoms with Crippen LogP contribution in [0, 0.1) is 6.92 Å². The first kappa shape index (κ1) is 42.0. The van der Waals surface area contributed by atoms with Gasteiger partial charge in [0, 0.05) is 65.5 Å². The molecule has 0 aliphatic heterocycles. The average molecular weight is 954 g/mol. The zero-order valence-corrected chi connectivity index (χ0v) is 42.5. The fourth-order valence-corrected chi connectivity index (χ4v) is 13.9. The monoisotopic (exact) mass is 953 g/mol. The summed E-state index contributed by atoms with van der Waals surface area (Å²) in [5.74, 6) is 0. The minimum atomic E-state index is -0.341. The zero-order chi connectivity index (χ0) is 49.7. The van der Waals surface area contributed by atoms with Gasteiger partial charge in [-0.3, -0.25) is 0 Å². The molecule has 3 aliphatic rings. The second-order valence-corrected chi connectivity index (χ2v) is 22.8. The molecule has 3 aliphatic carbocycles. The highest BCUT2D eigenvalue weighted by Crippen LogP contribution is 2.60. The molecule has 16 rings (SSSR count). The van der Waals surface area contributed by atoms with Crippen molar-refractivity contribution in [1.82, 2.24) is 0 Å². The summed E-state index contributed by atoms with van der Waals surface area (Å²) in [6.45, 7) is 16.5. The maximum atomic E-state index is 6.90. The van der Waals surface area contributed by atoms with Gasteiger partial charge in [-0.05, 0) is 152 Å². The van der Waals surface area contributed by atoms with Gasteiger partial charge >= 0.3 is 0 Å². The summed E-state index contributed by atoms with van der Waals surface area (Å²) < 4.78 is 20.2. The predicted octanol–water partition coefficient (Wildman–Crippen LogP) is 19.7.